The van der Waals surface area contributed by atoms with Crippen LogP contribution >= 0.6 is 0 Å². The number of aliphatic hydroxyl groups excluding tert-OH is 2. The van der Waals surface area contributed by atoms with E-state index in [2.05, 4.69) is 40.7 Å². The molecule has 0 aromatic rings. The molecule has 0 aromatic heterocycles. The fourth-order valence-corrected chi connectivity index (χ4v) is 11.0. The number of hydrogen-bond acceptors (Lipinski definition) is 14. The van der Waals surface area contributed by atoms with Gasteiger partial charge in [-0.25, -0.2) is 0 Å². The molecule has 14 heteroatoms. The Kier molecular flexibility index (Phi) is 15.3. The van der Waals surface area contributed by atoms with Gasteiger partial charge in [0.15, 0.2) is 18.4 Å². The zero-order valence-corrected chi connectivity index (χ0v) is 38.5. The van der Waals surface area contributed by atoms with E-state index in [1.165, 1.54) is 0 Å². The van der Waals surface area contributed by atoms with Crippen molar-refractivity contribution < 1.29 is 67.5 Å². The highest BCUT2D eigenvalue weighted by molar-refractivity contribution is 5.78. The molecule has 1 aliphatic carbocycles. The molecular formula is C48H74O14. The van der Waals surface area contributed by atoms with Crippen LogP contribution in [-0.2, 0) is 52.2 Å². The molecule has 350 valence electrons. The topological polar surface area (TPSA) is 170 Å². The highest BCUT2D eigenvalue weighted by Gasteiger charge is 2.60. The fourth-order valence-electron chi connectivity index (χ4n) is 11.0. The standard InChI is InChI=1S/C48H74O14/c1-11-25(2)43-28(5)17-18-47(62-43)23-34-20-33(61-47)16-15-27(4)42(26(3)13-12-14-32-24-55-45-40(49)29(6)19-35(46(51)58-34)48(32,45)52)59-39-22-37(54-10)44(31(8)57-39)60-38-21-36(53-9)41(50)30(7)56-38/h12-15,19,25-26,28,30-31,33-45,49-50,52H,11,16-18,20-24H2,1-10H3/b13-12+,27-15+,32-14+/t25?,26-,28?,30-,31?,33+,34-,35-,36-,37?,38-,39-,40?,41?,42-,43+,44-,45+,47+,48+/m0/s1. The van der Waals surface area contributed by atoms with Crippen molar-refractivity contribution in [2.24, 2.45) is 23.7 Å². The lowest BCUT2D eigenvalue weighted by molar-refractivity contribution is -0.340. The molecule has 6 unspecified atom stereocenters. The van der Waals surface area contributed by atoms with E-state index < -0.39 is 90.8 Å². The first-order valence-corrected chi connectivity index (χ1v) is 23.2. The Bertz CT molecular complexity index is 1680. The lowest BCUT2D eigenvalue weighted by atomic mass is 9.71. The van der Waals surface area contributed by atoms with E-state index in [1.807, 2.05) is 19.1 Å². The van der Waals surface area contributed by atoms with Gasteiger partial charge in [-0.15, -0.1) is 0 Å². The third-order valence-electron chi connectivity index (χ3n) is 14.9. The molecule has 6 heterocycles. The van der Waals surface area contributed by atoms with Crippen LogP contribution in [0.25, 0.3) is 0 Å². The van der Waals surface area contributed by atoms with E-state index in [0.29, 0.717) is 61.5 Å². The number of rotatable bonds is 8. The summed E-state index contributed by atoms with van der Waals surface area (Å²) in [6.45, 7) is 16.3. The van der Waals surface area contributed by atoms with Gasteiger partial charge in [-0.05, 0) is 69.1 Å². The summed E-state index contributed by atoms with van der Waals surface area (Å²) in [4.78, 5) is 14.4. The van der Waals surface area contributed by atoms with Crippen molar-refractivity contribution in [3.05, 3.63) is 47.1 Å². The molecule has 0 saturated carbocycles. The van der Waals surface area contributed by atoms with Crippen LogP contribution in [0.5, 0.6) is 0 Å². The Balaban J connectivity index is 1.18. The average molecular weight is 875 g/mol. The summed E-state index contributed by atoms with van der Waals surface area (Å²) >= 11 is 0. The van der Waals surface area contributed by atoms with Gasteiger partial charge in [0, 0.05) is 52.2 Å². The molecule has 6 aliphatic heterocycles. The second-order valence-electron chi connectivity index (χ2n) is 19.4. The van der Waals surface area contributed by atoms with Gasteiger partial charge in [0.2, 0.25) is 0 Å². The van der Waals surface area contributed by atoms with Crippen LogP contribution < -0.4 is 0 Å². The number of esters is 1. The predicted octanol–water partition coefficient (Wildman–Crippen LogP) is 5.60. The van der Waals surface area contributed by atoms with E-state index in [9.17, 15) is 20.1 Å². The Morgan fingerprint density at radius 3 is 2.35 bits per heavy atom. The van der Waals surface area contributed by atoms with E-state index in [0.717, 1.165) is 18.4 Å². The quantitative estimate of drug-likeness (QED) is 0.204. The molecule has 0 aromatic carbocycles. The minimum Gasteiger partial charge on any atom is -0.462 e. The smallest absolute Gasteiger partial charge is 0.316 e. The molecule has 0 radical (unpaired) electrons. The lowest BCUT2D eigenvalue weighted by Crippen LogP contribution is -2.58. The van der Waals surface area contributed by atoms with Gasteiger partial charge in [-0.2, -0.15) is 0 Å². The minimum atomic E-state index is -1.82. The summed E-state index contributed by atoms with van der Waals surface area (Å²) in [6.07, 6.45) is 6.53. The molecule has 7 rings (SSSR count). The molecule has 5 saturated heterocycles. The molecular weight excluding hydrogens is 801 g/mol. The van der Waals surface area contributed by atoms with Crippen LogP contribution in [0.4, 0.5) is 0 Å². The zero-order valence-electron chi connectivity index (χ0n) is 38.5. The summed E-state index contributed by atoms with van der Waals surface area (Å²) < 4.78 is 63.9. The summed E-state index contributed by atoms with van der Waals surface area (Å²) in [7, 11) is 3.23. The van der Waals surface area contributed by atoms with Gasteiger partial charge in [0.05, 0.1) is 49.3 Å². The Morgan fingerprint density at radius 2 is 1.63 bits per heavy atom. The van der Waals surface area contributed by atoms with Crippen LogP contribution in [0.15, 0.2) is 47.1 Å². The molecule has 14 nitrogen and oxygen atoms in total. The van der Waals surface area contributed by atoms with Crippen molar-refractivity contribution >= 4 is 5.97 Å². The van der Waals surface area contributed by atoms with Gasteiger partial charge in [0.25, 0.3) is 0 Å². The zero-order chi connectivity index (χ0) is 44.7. The monoisotopic (exact) mass is 875 g/mol. The summed E-state index contributed by atoms with van der Waals surface area (Å²) in [5.74, 6) is -2.10. The van der Waals surface area contributed by atoms with Crippen LogP contribution in [0.2, 0.25) is 0 Å². The first-order valence-electron chi connectivity index (χ1n) is 23.2. The van der Waals surface area contributed by atoms with E-state index >= 15 is 0 Å². The van der Waals surface area contributed by atoms with Crippen LogP contribution in [0.1, 0.15) is 107 Å². The van der Waals surface area contributed by atoms with Gasteiger partial charge in [0.1, 0.15) is 42.0 Å². The SMILES string of the molecule is CCC(C)[C@H]1O[C@]2(CCC1C)C[C@@H]1C[C@@H](C/C=C(\C)[C@@H](O[C@H]3CC(OC)[C@@H](O[C@H]4C[C@H](OC)C(O)[C@H](C)O4)C(C)O3)[C@@H](C)/C=C/C=C3\CO[C@@H]4C(O)C(C)=C[C@@H](C(=O)O1)[C@]34O)O2. The molecule has 5 fully saturated rings. The third-order valence-corrected chi connectivity index (χ3v) is 14.9. The fraction of sp³-hybridized carbons (Fsp3) is 0.812. The maximum absolute atomic E-state index is 14.4. The van der Waals surface area contributed by atoms with E-state index in [4.69, 9.17) is 47.4 Å². The first kappa shape index (κ1) is 47.9. The predicted molar refractivity (Wildman–Crippen MR) is 227 cm³/mol. The summed E-state index contributed by atoms with van der Waals surface area (Å²) in [5, 5.41) is 34.2. The number of carbonyl (C=O) groups is 1. The van der Waals surface area contributed by atoms with Crippen molar-refractivity contribution in [2.75, 3.05) is 20.8 Å². The minimum absolute atomic E-state index is 0.00708. The maximum atomic E-state index is 14.4. The lowest BCUT2D eigenvalue weighted by Gasteiger charge is -2.51. The van der Waals surface area contributed by atoms with Gasteiger partial charge in [-0.1, -0.05) is 64.5 Å². The number of fused-ring (bicyclic) bond motifs is 2. The van der Waals surface area contributed by atoms with Gasteiger partial charge >= 0.3 is 5.97 Å². The molecule has 20 atom stereocenters. The second-order valence-corrected chi connectivity index (χ2v) is 19.4. The molecule has 2 bridgehead atoms. The number of allylic oxidation sites excluding steroid dienone is 2. The molecule has 7 aliphatic rings. The number of hydrogen-bond donors (Lipinski definition) is 3. The van der Waals surface area contributed by atoms with Crippen LogP contribution in [0, 0.1) is 23.7 Å². The Labute approximate surface area is 368 Å². The highest BCUT2D eigenvalue weighted by atomic mass is 16.7. The number of carbonyl (C=O) groups excluding carboxylic acids is 1. The van der Waals surface area contributed by atoms with Gasteiger partial charge < -0.3 is 62.7 Å². The maximum Gasteiger partial charge on any atom is 0.316 e. The molecule has 3 N–H and O–H groups in total. The summed E-state index contributed by atoms with van der Waals surface area (Å²) in [6, 6.07) is 0. The number of methoxy groups -OCH3 is 2. The largest absolute Gasteiger partial charge is 0.462 e. The average Bonchev–Trinajstić information content (AvgIpc) is 3.58. The molecule has 0 amide bonds. The molecule has 1 spiro atoms. The Hall–Kier alpha value is -2.05. The van der Waals surface area contributed by atoms with Crippen molar-refractivity contribution in [1.82, 2.24) is 0 Å². The van der Waals surface area contributed by atoms with Crippen LogP contribution in [0.3, 0.4) is 0 Å². The normalized spacial score (nSPS) is 49.4. The Morgan fingerprint density at radius 1 is 0.919 bits per heavy atom. The third kappa shape index (κ3) is 9.73. The van der Waals surface area contributed by atoms with E-state index in [-0.39, 0.29) is 30.8 Å². The first-order chi connectivity index (χ1) is 29.5. The molecule has 62 heavy (non-hydrogen) atoms. The van der Waals surface area contributed by atoms with E-state index in [1.54, 1.807) is 40.2 Å². The summed E-state index contributed by atoms with van der Waals surface area (Å²) in [5.41, 5.74) is 0.188. The number of aliphatic hydroxyl groups is 3. The van der Waals surface area contributed by atoms with Crippen molar-refractivity contribution in [1.29, 1.82) is 0 Å². The van der Waals surface area contributed by atoms with Crippen molar-refractivity contribution in [3.63, 3.8) is 0 Å². The highest BCUT2D eigenvalue weighted by Crippen LogP contribution is 2.48. The van der Waals surface area contributed by atoms with Crippen LogP contribution in [-0.4, -0.2) is 139 Å². The van der Waals surface area contributed by atoms with Crippen molar-refractivity contribution in [2.45, 2.75) is 204 Å². The second kappa shape index (κ2) is 19.8. The van der Waals surface area contributed by atoms with Crippen molar-refractivity contribution in [3.8, 4) is 0 Å². The van der Waals surface area contributed by atoms with Gasteiger partial charge in [-0.3, -0.25) is 4.79 Å². The number of ether oxygens (including phenoxy) is 10.